The number of pyridine rings is 1. The SMILES string of the molecule is COC(=O)C(Cc1ccc(OCc2ccccc2)cc1)NC(=O)c1ccc2cccnc2c1O. The van der Waals surface area contributed by atoms with Crippen LogP contribution in [0.5, 0.6) is 11.5 Å². The Hall–Kier alpha value is -4.39. The highest BCUT2D eigenvalue weighted by Gasteiger charge is 2.24. The first-order chi connectivity index (χ1) is 16.5. The fourth-order valence-corrected chi connectivity index (χ4v) is 3.58. The molecule has 0 aliphatic carbocycles. The Morgan fingerprint density at radius 3 is 2.44 bits per heavy atom. The molecule has 3 aromatic carbocycles. The average Bonchev–Trinajstić information content (AvgIpc) is 2.88. The van der Waals surface area contributed by atoms with Crippen LogP contribution < -0.4 is 10.1 Å². The summed E-state index contributed by atoms with van der Waals surface area (Å²) in [6.45, 7) is 0.450. The minimum atomic E-state index is -0.938. The summed E-state index contributed by atoms with van der Waals surface area (Å²) < 4.78 is 10.7. The Kier molecular flexibility index (Phi) is 7.03. The van der Waals surface area contributed by atoms with Gasteiger partial charge in [-0.05, 0) is 35.4 Å². The highest BCUT2D eigenvalue weighted by atomic mass is 16.5. The first-order valence-corrected chi connectivity index (χ1v) is 10.8. The van der Waals surface area contributed by atoms with Crippen LogP contribution in [0.1, 0.15) is 21.5 Å². The summed E-state index contributed by atoms with van der Waals surface area (Å²) in [6, 6.07) is 22.9. The third-order valence-corrected chi connectivity index (χ3v) is 5.40. The summed E-state index contributed by atoms with van der Waals surface area (Å²) in [5.41, 5.74) is 2.22. The molecular formula is C27H24N2O5. The van der Waals surface area contributed by atoms with Crippen LogP contribution in [0, 0.1) is 0 Å². The molecule has 0 saturated heterocycles. The van der Waals surface area contributed by atoms with E-state index in [0.29, 0.717) is 23.3 Å². The lowest BCUT2D eigenvalue weighted by atomic mass is 10.0. The second-order valence-electron chi connectivity index (χ2n) is 7.71. The minimum absolute atomic E-state index is 0.0322. The van der Waals surface area contributed by atoms with Crippen LogP contribution in [-0.4, -0.2) is 35.1 Å². The zero-order valence-electron chi connectivity index (χ0n) is 18.6. The standard InChI is InChI=1S/C27H24N2O5/c1-33-27(32)23(29-26(31)22-14-11-20-8-5-15-28-24(20)25(22)30)16-18-9-12-21(13-10-18)34-17-19-6-3-2-4-7-19/h2-15,23,30H,16-17H2,1H3,(H,29,31). The molecule has 34 heavy (non-hydrogen) atoms. The molecule has 1 unspecified atom stereocenters. The van der Waals surface area contributed by atoms with Gasteiger partial charge >= 0.3 is 5.97 Å². The van der Waals surface area contributed by atoms with E-state index in [-0.39, 0.29) is 17.7 Å². The molecule has 4 rings (SSSR count). The summed E-state index contributed by atoms with van der Waals surface area (Å²) in [6.07, 6.45) is 1.75. The van der Waals surface area contributed by atoms with Crippen LogP contribution >= 0.6 is 0 Å². The maximum atomic E-state index is 12.9. The van der Waals surface area contributed by atoms with Gasteiger partial charge in [0.05, 0.1) is 12.7 Å². The number of nitrogens with zero attached hydrogens (tertiary/aromatic N) is 1. The number of methoxy groups -OCH3 is 1. The number of fused-ring (bicyclic) bond motifs is 1. The Balaban J connectivity index is 1.44. The molecule has 0 bridgehead atoms. The molecule has 0 saturated carbocycles. The second kappa shape index (κ2) is 10.5. The van der Waals surface area contributed by atoms with E-state index in [0.717, 1.165) is 11.1 Å². The van der Waals surface area contributed by atoms with Gasteiger partial charge < -0.3 is 19.9 Å². The molecular weight excluding hydrogens is 432 g/mol. The molecule has 1 heterocycles. The number of aromatic hydroxyl groups is 1. The van der Waals surface area contributed by atoms with Gasteiger partial charge in [0.2, 0.25) is 0 Å². The fraction of sp³-hybridized carbons (Fsp3) is 0.148. The third-order valence-electron chi connectivity index (χ3n) is 5.40. The molecule has 0 aliphatic rings. The van der Waals surface area contributed by atoms with E-state index in [1.165, 1.54) is 19.4 Å². The van der Waals surface area contributed by atoms with Crippen molar-refractivity contribution in [3.05, 3.63) is 102 Å². The van der Waals surface area contributed by atoms with Crippen molar-refractivity contribution in [2.75, 3.05) is 7.11 Å². The number of carbonyl (C=O) groups is 2. The van der Waals surface area contributed by atoms with E-state index >= 15 is 0 Å². The number of ether oxygens (including phenoxy) is 2. The average molecular weight is 456 g/mol. The summed E-state index contributed by atoms with van der Waals surface area (Å²) in [7, 11) is 1.26. The molecule has 4 aromatic rings. The number of phenolic OH excluding ortho intramolecular Hbond substituents is 1. The van der Waals surface area contributed by atoms with Crippen molar-refractivity contribution in [2.45, 2.75) is 19.1 Å². The zero-order valence-corrected chi connectivity index (χ0v) is 18.6. The van der Waals surface area contributed by atoms with Gasteiger partial charge in [0.25, 0.3) is 5.91 Å². The number of rotatable bonds is 8. The number of hydrogen-bond acceptors (Lipinski definition) is 6. The molecule has 7 heteroatoms. The molecule has 0 fully saturated rings. The summed E-state index contributed by atoms with van der Waals surface area (Å²) >= 11 is 0. The van der Waals surface area contributed by atoms with Crippen molar-refractivity contribution in [3.63, 3.8) is 0 Å². The Labute approximate surface area is 197 Å². The van der Waals surface area contributed by atoms with Gasteiger partial charge in [0, 0.05) is 18.0 Å². The number of amides is 1. The lowest BCUT2D eigenvalue weighted by Gasteiger charge is -2.17. The second-order valence-corrected chi connectivity index (χ2v) is 7.71. The first kappa shape index (κ1) is 22.8. The largest absolute Gasteiger partial charge is 0.505 e. The van der Waals surface area contributed by atoms with Crippen molar-refractivity contribution in [2.24, 2.45) is 0 Å². The topological polar surface area (TPSA) is 97.8 Å². The Morgan fingerprint density at radius 2 is 1.71 bits per heavy atom. The maximum absolute atomic E-state index is 12.9. The van der Waals surface area contributed by atoms with Crippen LogP contribution in [0.3, 0.4) is 0 Å². The van der Waals surface area contributed by atoms with Crippen molar-refractivity contribution in [1.82, 2.24) is 10.3 Å². The molecule has 2 N–H and O–H groups in total. The number of nitrogens with one attached hydrogen (secondary N) is 1. The zero-order chi connectivity index (χ0) is 23.9. The van der Waals surface area contributed by atoms with E-state index in [1.54, 1.807) is 18.2 Å². The number of benzene rings is 3. The quantitative estimate of drug-likeness (QED) is 0.389. The summed E-state index contributed by atoms with van der Waals surface area (Å²) in [4.78, 5) is 29.4. The van der Waals surface area contributed by atoms with Crippen molar-refractivity contribution < 1.29 is 24.2 Å². The predicted octanol–water partition coefficient (Wildman–Crippen LogP) is 4.03. The molecule has 1 amide bonds. The van der Waals surface area contributed by atoms with Gasteiger partial charge in [-0.25, -0.2) is 4.79 Å². The van der Waals surface area contributed by atoms with E-state index in [2.05, 4.69) is 10.3 Å². The minimum Gasteiger partial charge on any atom is -0.505 e. The monoisotopic (exact) mass is 456 g/mol. The number of esters is 1. The molecule has 0 aliphatic heterocycles. The number of carbonyl (C=O) groups excluding carboxylic acids is 2. The van der Waals surface area contributed by atoms with E-state index in [4.69, 9.17) is 9.47 Å². The van der Waals surface area contributed by atoms with Crippen LogP contribution in [0.4, 0.5) is 0 Å². The number of hydrogen-bond donors (Lipinski definition) is 2. The van der Waals surface area contributed by atoms with Gasteiger partial charge in [-0.1, -0.05) is 54.6 Å². The summed E-state index contributed by atoms with van der Waals surface area (Å²) in [5, 5.41) is 13.9. The lowest BCUT2D eigenvalue weighted by molar-refractivity contribution is -0.142. The van der Waals surface area contributed by atoms with E-state index < -0.39 is 17.9 Å². The Morgan fingerprint density at radius 1 is 0.941 bits per heavy atom. The Bertz CT molecular complexity index is 1290. The van der Waals surface area contributed by atoms with Gasteiger partial charge in [-0.2, -0.15) is 0 Å². The van der Waals surface area contributed by atoms with E-state index in [9.17, 15) is 14.7 Å². The normalized spacial score (nSPS) is 11.6. The molecule has 1 atom stereocenters. The van der Waals surface area contributed by atoms with Gasteiger partial charge in [0.1, 0.15) is 23.9 Å². The van der Waals surface area contributed by atoms with Crippen LogP contribution in [-0.2, 0) is 22.6 Å². The number of phenols is 1. The molecule has 172 valence electrons. The summed E-state index contributed by atoms with van der Waals surface area (Å²) in [5.74, 6) is -0.724. The van der Waals surface area contributed by atoms with Crippen LogP contribution in [0.25, 0.3) is 10.9 Å². The third kappa shape index (κ3) is 5.32. The fourth-order valence-electron chi connectivity index (χ4n) is 3.58. The van der Waals surface area contributed by atoms with Gasteiger partial charge in [-0.3, -0.25) is 9.78 Å². The van der Waals surface area contributed by atoms with Gasteiger partial charge in [-0.15, -0.1) is 0 Å². The van der Waals surface area contributed by atoms with Crippen LogP contribution in [0.2, 0.25) is 0 Å². The number of aromatic nitrogens is 1. The van der Waals surface area contributed by atoms with E-state index in [1.807, 2.05) is 54.6 Å². The van der Waals surface area contributed by atoms with Crippen molar-refractivity contribution >= 4 is 22.8 Å². The highest BCUT2D eigenvalue weighted by Crippen LogP contribution is 2.27. The predicted molar refractivity (Wildman–Crippen MR) is 128 cm³/mol. The maximum Gasteiger partial charge on any atom is 0.328 e. The van der Waals surface area contributed by atoms with Crippen molar-refractivity contribution in [1.29, 1.82) is 0 Å². The first-order valence-electron chi connectivity index (χ1n) is 10.8. The molecule has 7 nitrogen and oxygen atoms in total. The van der Waals surface area contributed by atoms with Crippen LogP contribution in [0.15, 0.2) is 85.1 Å². The molecule has 1 aromatic heterocycles. The lowest BCUT2D eigenvalue weighted by Crippen LogP contribution is -2.43. The smallest absolute Gasteiger partial charge is 0.328 e. The van der Waals surface area contributed by atoms with Gasteiger partial charge in [0.15, 0.2) is 5.75 Å². The molecule has 0 radical (unpaired) electrons. The van der Waals surface area contributed by atoms with Crippen molar-refractivity contribution in [3.8, 4) is 11.5 Å². The highest BCUT2D eigenvalue weighted by molar-refractivity contribution is 6.03. The molecule has 0 spiro atoms.